The molecule has 15 rings (SSSR count). The van der Waals surface area contributed by atoms with E-state index in [9.17, 15) is 14.4 Å². The predicted octanol–water partition coefficient (Wildman–Crippen LogP) is 12.7. The van der Waals surface area contributed by atoms with Gasteiger partial charge in [-0.3, -0.25) is 28.1 Å². The number of aromatic nitrogens is 12. The molecule has 0 spiro atoms. The van der Waals surface area contributed by atoms with Gasteiger partial charge in [-0.05, 0) is 141 Å². The van der Waals surface area contributed by atoms with E-state index in [0.29, 0.717) is 49.3 Å². The summed E-state index contributed by atoms with van der Waals surface area (Å²) >= 11 is 18.5. The highest BCUT2D eigenvalue weighted by atomic mass is 35.5. The van der Waals surface area contributed by atoms with E-state index in [4.69, 9.17) is 81.2 Å². The third-order valence-electron chi connectivity index (χ3n) is 19.3. The first-order valence-corrected chi connectivity index (χ1v) is 34.1. The largest absolute Gasteiger partial charge is 0.497 e. The number of hydrogen-bond donors (Lipinski definition) is 3. The average molecular weight is 1460 g/mol. The molecular formula is C81H72Cl3N15O6. The molecule has 0 aliphatic carbocycles. The van der Waals surface area contributed by atoms with E-state index in [1.54, 1.807) is 117 Å². The topological polar surface area (TPSA) is 264 Å². The van der Waals surface area contributed by atoms with Crippen LogP contribution in [0.3, 0.4) is 0 Å². The number of aryl methyl sites for hydroxylation is 6. The molecule has 0 saturated heterocycles. The molecule has 0 fully saturated rings. The number of pyridine rings is 6. The van der Waals surface area contributed by atoms with Crippen molar-refractivity contribution in [2.45, 2.75) is 16.6 Å². The Morgan fingerprint density at radius 3 is 0.819 bits per heavy atom. The van der Waals surface area contributed by atoms with Crippen LogP contribution >= 0.6 is 34.8 Å². The van der Waals surface area contributed by atoms with Gasteiger partial charge in [-0.2, -0.15) is 0 Å². The summed E-state index contributed by atoms with van der Waals surface area (Å²) in [6.07, 6.45) is 15.6. The third-order valence-corrected chi connectivity index (χ3v) is 20.0. The molecule has 24 heteroatoms. The van der Waals surface area contributed by atoms with Crippen LogP contribution in [0.4, 0.5) is 0 Å². The molecule has 0 saturated carbocycles. The maximum absolute atomic E-state index is 12.8. The Bertz CT molecular complexity index is 5400. The number of rotatable bonds is 15. The van der Waals surface area contributed by atoms with E-state index < -0.39 is 16.6 Å². The molecule has 1 unspecified atom stereocenters. The quantitative estimate of drug-likeness (QED) is 0.0861. The smallest absolute Gasteiger partial charge is 0.252 e. The standard InChI is InChI=1S/3C27H24ClN5O2/c3*1-32-16-30-15-24(32)27(29,18-7-9-20(28)10-8-18)19-12-23-22(17-5-4-6-21(11-17)35-3)13-25(34)33(2)26(23)31-14-19/h3*4-16H,29H2,1-3H3/t2*27-;/m10./s1. The van der Waals surface area contributed by atoms with Crippen LogP contribution in [-0.4, -0.2) is 78.6 Å². The monoisotopic (exact) mass is 1460 g/mol. The Morgan fingerprint density at radius 1 is 0.333 bits per heavy atom. The van der Waals surface area contributed by atoms with Crippen LogP contribution in [0.2, 0.25) is 15.1 Å². The van der Waals surface area contributed by atoms with Gasteiger partial charge in [0.25, 0.3) is 16.7 Å². The highest BCUT2D eigenvalue weighted by Crippen LogP contribution is 2.42. The molecule has 105 heavy (non-hydrogen) atoms. The van der Waals surface area contributed by atoms with Gasteiger partial charge in [0.15, 0.2) is 0 Å². The van der Waals surface area contributed by atoms with Crippen molar-refractivity contribution in [3.8, 4) is 50.6 Å². The molecule has 15 aromatic rings. The molecule has 0 aliphatic rings. The van der Waals surface area contributed by atoms with Crippen LogP contribution in [0.1, 0.15) is 50.5 Å². The first-order valence-electron chi connectivity index (χ1n) is 33.0. The summed E-state index contributed by atoms with van der Waals surface area (Å²) in [6.45, 7) is 0. The first kappa shape index (κ1) is 71.6. The third kappa shape index (κ3) is 13.3. The highest BCUT2D eigenvalue weighted by Gasteiger charge is 2.39. The average Bonchev–Trinajstić information content (AvgIpc) is 1.64. The molecule has 9 heterocycles. The summed E-state index contributed by atoms with van der Waals surface area (Å²) in [5.74, 6) is 2.10. The molecule has 6 N–H and O–H groups in total. The summed E-state index contributed by atoms with van der Waals surface area (Å²) in [5.41, 5.74) is 31.5. The van der Waals surface area contributed by atoms with Crippen molar-refractivity contribution in [2.75, 3.05) is 21.3 Å². The predicted molar refractivity (Wildman–Crippen MR) is 413 cm³/mol. The molecule has 0 bridgehead atoms. The maximum Gasteiger partial charge on any atom is 0.252 e. The minimum Gasteiger partial charge on any atom is -0.497 e. The van der Waals surface area contributed by atoms with Crippen molar-refractivity contribution in [1.82, 2.24) is 57.3 Å². The number of ether oxygens (including phenoxy) is 3. The number of benzene rings is 6. The van der Waals surface area contributed by atoms with E-state index in [2.05, 4.69) is 15.0 Å². The zero-order valence-electron chi connectivity index (χ0n) is 58.7. The maximum atomic E-state index is 12.8. The van der Waals surface area contributed by atoms with Gasteiger partial charge in [-0.25, -0.2) is 29.9 Å². The Kier molecular flexibility index (Phi) is 19.9. The molecule has 0 aliphatic heterocycles. The summed E-state index contributed by atoms with van der Waals surface area (Å²) in [7, 11) is 15.7. The van der Waals surface area contributed by atoms with E-state index in [0.717, 1.165) is 100 Å². The lowest BCUT2D eigenvalue weighted by Crippen LogP contribution is -2.41. The van der Waals surface area contributed by atoms with Crippen molar-refractivity contribution >= 4 is 67.9 Å². The lowest BCUT2D eigenvalue weighted by Gasteiger charge is -2.31. The Labute approximate surface area is 618 Å². The van der Waals surface area contributed by atoms with Gasteiger partial charge in [0.2, 0.25) is 0 Å². The second-order valence-electron chi connectivity index (χ2n) is 25.5. The lowest BCUT2D eigenvalue weighted by molar-refractivity contribution is 0.415. The summed E-state index contributed by atoms with van der Waals surface area (Å²) in [4.78, 5) is 65.4. The lowest BCUT2D eigenvalue weighted by atomic mass is 9.81. The van der Waals surface area contributed by atoms with Crippen molar-refractivity contribution < 1.29 is 14.2 Å². The molecule has 3 atom stereocenters. The number of imidazole rings is 3. The second kappa shape index (κ2) is 29.1. The van der Waals surface area contributed by atoms with Gasteiger partial charge >= 0.3 is 0 Å². The van der Waals surface area contributed by atoms with E-state index >= 15 is 0 Å². The van der Waals surface area contributed by atoms with E-state index in [-0.39, 0.29) is 16.7 Å². The van der Waals surface area contributed by atoms with Crippen molar-refractivity contribution in [3.63, 3.8) is 0 Å². The van der Waals surface area contributed by atoms with E-state index in [1.165, 1.54) is 13.7 Å². The first-order chi connectivity index (χ1) is 50.5. The van der Waals surface area contributed by atoms with Crippen molar-refractivity contribution in [2.24, 2.45) is 59.5 Å². The van der Waals surface area contributed by atoms with Gasteiger partial charge in [-0.15, -0.1) is 0 Å². The number of fused-ring (bicyclic) bond motifs is 3. The summed E-state index contributed by atoms with van der Waals surface area (Å²) < 4.78 is 26.5. The normalized spacial score (nSPS) is 13.1. The summed E-state index contributed by atoms with van der Waals surface area (Å²) in [6, 6.07) is 56.0. The molecule has 0 radical (unpaired) electrons. The molecule has 6 aromatic carbocycles. The van der Waals surface area contributed by atoms with Gasteiger partial charge < -0.3 is 45.1 Å². The minimum absolute atomic E-state index is 0.154. The Hall–Kier alpha value is -11.8. The Morgan fingerprint density at radius 2 is 0.590 bits per heavy atom. The molecular weight excluding hydrogens is 1390 g/mol. The van der Waals surface area contributed by atoms with Crippen LogP contribution in [0.15, 0.2) is 253 Å². The van der Waals surface area contributed by atoms with Crippen LogP contribution in [0.25, 0.3) is 66.5 Å². The highest BCUT2D eigenvalue weighted by molar-refractivity contribution is 6.31. The molecule has 528 valence electrons. The zero-order valence-corrected chi connectivity index (χ0v) is 61.0. The van der Waals surface area contributed by atoms with Crippen LogP contribution in [0, 0.1) is 0 Å². The summed E-state index contributed by atoms with van der Waals surface area (Å²) in [5, 5.41) is 4.24. The fourth-order valence-corrected chi connectivity index (χ4v) is 13.8. The number of nitrogens with two attached hydrogens (primary N) is 3. The van der Waals surface area contributed by atoms with Gasteiger partial charge in [-0.1, -0.05) is 108 Å². The van der Waals surface area contributed by atoms with Crippen LogP contribution in [-0.2, 0) is 58.9 Å². The number of nitrogens with zero attached hydrogens (tertiary/aromatic N) is 12. The second-order valence-corrected chi connectivity index (χ2v) is 26.8. The molecule has 0 amide bonds. The van der Waals surface area contributed by atoms with Crippen molar-refractivity contribution in [1.29, 1.82) is 0 Å². The van der Waals surface area contributed by atoms with Crippen LogP contribution in [0.5, 0.6) is 17.2 Å². The Balaban J connectivity index is 0.000000140. The van der Waals surface area contributed by atoms with Gasteiger partial charge in [0.05, 0.1) is 76.0 Å². The van der Waals surface area contributed by atoms with Gasteiger partial charge in [0, 0.05) is 127 Å². The van der Waals surface area contributed by atoms with Crippen LogP contribution < -0.4 is 48.1 Å². The zero-order chi connectivity index (χ0) is 74.2. The molecule has 9 aromatic heterocycles. The fraction of sp³-hybridized carbons (Fsp3) is 0.148. The molecule has 21 nitrogen and oxygen atoms in total. The number of hydrogen-bond acceptors (Lipinski definition) is 15. The van der Waals surface area contributed by atoms with Gasteiger partial charge in [0.1, 0.15) is 50.8 Å². The number of halogens is 3. The van der Waals surface area contributed by atoms with E-state index in [1.807, 2.05) is 199 Å². The number of methoxy groups -OCH3 is 3. The fourth-order valence-electron chi connectivity index (χ4n) is 13.4. The SMILES string of the molecule is COc1cccc(-c2cc(=O)n(C)c3ncc(C(N)(c4ccc(Cl)cc4)c4cncn4C)cc23)c1.COc1cccc(-c2cc(=O)n(C)c3ncc([C@@](N)(c4ccc(Cl)cc4)c4cncn4C)cc23)c1.COc1cccc(-c2cc(=O)n(C)c3ncc([C@](N)(c4ccc(Cl)cc4)c4cncn4C)cc23)c1. The minimum atomic E-state index is -1.07. The van der Waals surface area contributed by atoms with Crippen molar-refractivity contribution in [3.05, 3.63) is 335 Å².